The Hall–Kier alpha value is -2.04. The number of nitrogens with one attached hydrogen (secondary N) is 1. The summed E-state index contributed by atoms with van der Waals surface area (Å²) in [6, 6.07) is 6.33. The van der Waals surface area contributed by atoms with E-state index in [4.69, 9.17) is 0 Å². The highest BCUT2D eigenvalue weighted by molar-refractivity contribution is 5.83. The number of carbonyl (C=O) groups excluding carboxylic acids is 2. The predicted molar refractivity (Wildman–Crippen MR) is 83.4 cm³/mol. The van der Waals surface area contributed by atoms with Crippen LogP contribution in [-0.2, 0) is 9.59 Å². The van der Waals surface area contributed by atoms with Crippen LogP contribution in [0.2, 0.25) is 0 Å². The Morgan fingerprint density at radius 3 is 2.43 bits per heavy atom. The molecule has 5 nitrogen and oxygen atoms in total. The third-order valence-electron chi connectivity index (χ3n) is 4.04. The molecule has 1 aliphatic rings. The Balaban J connectivity index is 1.92. The molecule has 0 unspecified atom stereocenters. The van der Waals surface area contributed by atoms with Gasteiger partial charge in [0.1, 0.15) is 0 Å². The molecule has 1 aromatic carbocycles. The number of carbonyl (C=O) groups is 2. The molecule has 1 aromatic rings. The summed E-state index contributed by atoms with van der Waals surface area (Å²) in [5.41, 5.74) is 3.84. The molecule has 0 radical (unpaired) electrons. The molecule has 1 N–H and O–H groups in total. The fourth-order valence-corrected chi connectivity index (χ4v) is 2.59. The van der Waals surface area contributed by atoms with Crippen molar-refractivity contribution in [3.05, 3.63) is 29.3 Å². The standard InChI is InChI=1S/C16H23N3O2/c1-12-5-4-6-15(13(12)2)18-7-9-19(10-8-18)16(21)11-17-14(3)20/h4-6H,7-11H2,1-3H3,(H,17,20). The van der Waals surface area contributed by atoms with Crippen LogP contribution in [-0.4, -0.2) is 49.4 Å². The summed E-state index contributed by atoms with van der Waals surface area (Å²) in [5.74, 6) is -0.178. The highest BCUT2D eigenvalue weighted by Gasteiger charge is 2.22. The van der Waals surface area contributed by atoms with Crippen LogP contribution in [0.5, 0.6) is 0 Å². The van der Waals surface area contributed by atoms with Crippen LogP contribution in [0.1, 0.15) is 18.1 Å². The van der Waals surface area contributed by atoms with Gasteiger partial charge in [-0.25, -0.2) is 0 Å². The molecule has 2 rings (SSSR count). The van der Waals surface area contributed by atoms with Crippen molar-refractivity contribution in [2.45, 2.75) is 20.8 Å². The zero-order valence-corrected chi connectivity index (χ0v) is 13.0. The van der Waals surface area contributed by atoms with E-state index < -0.39 is 0 Å². The van der Waals surface area contributed by atoms with E-state index in [2.05, 4.69) is 42.3 Å². The number of hydrogen-bond donors (Lipinski definition) is 1. The lowest BCUT2D eigenvalue weighted by molar-refractivity contribution is -0.132. The van der Waals surface area contributed by atoms with Crippen molar-refractivity contribution in [2.75, 3.05) is 37.6 Å². The van der Waals surface area contributed by atoms with Gasteiger partial charge in [-0.3, -0.25) is 9.59 Å². The first-order chi connectivity index (χ1) is 9.99. The summed E-state index contributed by atoms with van der Waals surface area (Å²) < 4.78 is 0. The Labute approximate surface area is 125 Å². The summed E-state index contributed by atoms with van der Waals surface area (Å²) in [4.78, 5) is 26.9. The minimum atomic E-state index is -0.169. The maximum Gasteiger partial charge on any atom is 0.242 e. The second-order valence-corrected chi connectivity index (χ2v) is 5.50. The Morgan fingerprint density at radius 2 is 1.81 bits per heavy atom. The second-order valence-electron chi connectivity index (χ2n) is 5.50. The molecule has 1 heterocycles. The van der Waals surface area contributed by atoms with Gasteiger partial charge in [0.25, 0.3) is 0 Å². The molecular weight excluding hydrogens is 266 g/mol. The predicted octanol–water partition coefficient (Wildman–Crippen LogP) is 1.09. The van der Waals surface area contributed by atoms with Gasteiger partial charge in [-0.15, -0.1) is 0 Å². The molecule has 1 saturated heterocycles. The third-order valence-corrected chi connectivity index (χ3v) is 4.04. The molecule has 0 saturated carbocycles. The number of benzene rings is 1. The monoisotopic (exact) mass is 289 g/mol. The van der Waals surface area contributed by atoms with E-state index in [0.29, 0.717) is 13.1 Å². The molecule has 1 fully saturated rings. The lowest BCUT2D eigenvalue weighted by atomic mass is 10.1. The smallest absolute Gasteiger partial charge is 0.242 e. The van der Waals surface area contributed by atoms with Crippen LogP contribution >= 0.6 is 0 Å². The zero-order chi connectivity index (χ0) is 15.4. The zero-order valence-electron chi connectivity index (χ0n) is 13.0. The third kappa shape index (κ3) is 3.74. The number of aryl methyl sites for hydroxylation is 1. The first-order valence-corrected chi connectivity index (χ1v) is 7.32. The number of anilines is 1. The number of piperazine rings is 1. The topological polar surface area (TPSA) is 52.7 Å². The molecule has 5 heteroatoms. The molecule has 0 atom stereocenters. The first-order valence-electron chi connectivity index (χ1n) is 7.32. The summed E-state index contributed by atoms with van der Waals surface area (Å²) in [5, 5.41) is 2.56. The van der Waals surface area contributed by atoms with E-state index in [0.717, 1.165) is 13.1 Å². The fourth-order valence-electron chi connectivity index (χ4n) is 2.59. The van der Waals surface area contributed by atoms with E-state index in [1.807, 2.05) is 4.90 Å². The lowest BCUT2D eigenvalue weighted by Gasteiger charge is -2.37. The van der Waals surface area contributed by atoms with Gasteiger partial charge < -0.3 is 15.1 Å². The molecule has 0 aromatic heterocycles. The van der Waals surface area contributed by atoms with Gasteiger partial charge in [0.15, 0.2) is 0 Å². The largest absolute Gasteiger partial charge is 0.368 e. The molecule has 2 amide bonds. The van der Waals surface area contributed by atoms with Crippen molar-refractivity contribution in [3.63, 3.8) is 0 Å². The molecule has 0 bridgehead atoms. The van der Waals surface area contributed by atoms with Gasteiger partial charge in [-0.05, 0) is 31.0 Å². The minimum absolute atomic E-state index is 0.00851. The van der Waals surface area contributed by atoms with Gasteiger partial charge >= 0.3 is 0 Å². The van der Waals surface area contributed by atoms with Gasteiger partial charge in [-0.2, -0.15) is 0 Å². The highest BCUT2D eigenvalue weighted by atomic mass is 16.2. The van der Waals surface area contributed by atoms with Crippen molar-refractivity contribution in [1.29, 1.82) is 0 Å². The van der Waals surface area contributed by atoms with E-state index in [1.165, 1.54) is 23.7 Å². The molecule has 21 heavy (non-hydrogen) atoms. The van der Waals surface area contributed by atoms with E-state index in [9.17, 15) is 9.59 Å². The summed E-state index contributed by atoms with van der Waals surface area (Å²) in [6.07, 6.45) is 0. The molecule has 0 spiro atoms. The first kappa shape index (κ1) is 15.4. The Morgan fingerprint density at radius 1 is 1.14 bits per heavy atom. The van der Waals surface area contributed by atoms with Crippen molar-refractivity contribution in [3.8, 4) is 0 Å². The average Bonchev–Trinajstić information content (AvgIpc) is 2.48. The van der Waals surface area contributed by atoms with E-state index in [-0.39, 0.29) is 18.4 Å². The lowest BCUT2D eigenvalue weighted by Crippen LogP contribution is -2.51. The van der Waals surface area contributed by atoms with Crippen molar-refractivity contribution in [2.24, 2.45) is 0 Å². The van der Waals surface area contributed by atoms with E-state index >= 15 is 0 Å². The molecule has 0 aliphatic carbocycles. The van der Waals surface area contributed by atoms with Crippen molar-refractivity contribution in [1.82, 2.24) is 10.2 Å². The molecule has 114 valence electrons. The highest BCUT2D eigenvalue weighted by Crippen LogP contribution is 2.23. The van der Waals surface area contributed by atoms with Crippen LogP contribution in [0.4, 0.5) is 5.69 Å². The maximum absolute atomic E-state index is 12.0. The van der Waals surface area contributed by atoms with Crippen LogP contribution < -0.4 is 10.2 Å². The minimum Gasteiger partial charge on any atom is -0.368 e. The second kappa shape index (κ2) is 6.61. The summed E-state index contributed by atoms with van der Waals surface area (Å²) in [7, 11) is 0. The number of rotatable bonds is 3. The number of nitrogens with zero attached hydrogens (tertiary/aromatic N) is 2. The maximum atomic E-state index is 12.0. The molecule has 1 aliphatic heterocycles. The van der Waals surface area contributed by atoms with Crippen LogP contribution in [0.15, 0.2) is 18.2 Å². The van der Waals surface area contributed by atoms with Crippen LogP contribution in [0.25, 0.3) is 0 Å². The van der Waals surface area contributed by atoms with Crippen LogP contribution in [0.3, 0.4) is 0 Å². The number of hydrogen-bond acceptors (Lipinski definition) is 3. The van der Waals surface area contributed by atoms with E-state index in [1.54, 1.807) is 0 Å². The SMILES string of the molecule is CC(=O)NCC(=O)N1CCN(c2cccc(C)c2C)CC1. The van der Waals surface area contributed by atoms with Crippen molar-refractivity contribution < 1.29 is 9.59 Å². The number of amides is 2. The Kier molecular flexibility index (Phi) is 4.83. The molecular formula is C16H23N3O2. The Bertz CT molecular complexity index is 534. The quantitative estimate of drug-likeness (QED) is 0.906. The average molecular weight is 289 g/mol. The van der Waals surface area contributed by atoms with Gasteiger partial charge in [0.2, 0.25) is 11.8 Å². The van der Waals surface area contributed by atoms with Crippen LogP contribution in [0, 0.1) is 13.8 Å². The summed E-state index contributed by atoms with van der Waals surface area (Å²) >= 11 is 0. The van der Waals surface area contributed by atoms with Gasteiger partial charge in [0.05, 0.1) is 6.54 Å². The summed E-state index contributed by atoms with van der Waals surface area (Å²) in [6.45, 7) is 8.83. The van der Waals surface area contributed by atoms with Gasteiger partial charge in [0, 0.05) is 38.8 Å². The van der Waals surface area contributed by atoms with Crippen molar-refractivity contribution >= 4 is 17.5 Å². The fraction of sp³-hybridized carbons (Fsp3) is 0.500. The normalized spacial score (nSPS) is 15.0. The van der Waals surface area contributed by atoms with Gasteiger partial charge in [-0.1, -0.05) is 12.1 Å².